The Hall–Kier alpha value is -2.30. The number of benzene rings is 1. The number of hydrogen-bond donors (Lipinski definition) is 2. The number of carbonyl (C=O) groups excluding carboxylic acids is 1. The molecule has 5 heteroatoms. The highest BCUT2D eigenvalue weighted by Gasteiger charge is 2.13. The summed E-state index contributed by atoms with van der Waals surface area (Å²) in [5.74, 6) is -0.304. The molecule has 0 aliphatic rings. The number of para-hydroxylation sites is 1. The zero-order valence-electron chi connectivity index (χ0n) is 8.73. The number of imidazole rings is 1. The van der Waals surface area contributed by atoms with Gasteiger partial charge < -0.3 is 10.3 Å². The molecule has 0 saturated carbocycles. The van der Waals surface area contributed by atoms with E-state index in [1.165, 1.54) is 17.8 Å². The molecule has 0 bridgehead atoms. The predicted octanol–water partition coefficient (Wildman–Crippen LogP) is 0.525. The van der Waals surface area contributed by atoms with Crippen LogP contribution in [0.4, 0.5) is 0 Å². The molecule has 0 spiro atoms. The van der Waals surface area contributed by atoms with E-state index >= 15 is 0 Å². The van der Waals surface area contributed by atoms with E-state index < -0.39 is 0 Å². The third kappa shape index (κ3) is 1.63. The lowest BCUT2D eigenvalue weighted by Crippen LogP contribution is -2.25. The third-order valence-electron chi connectivity index (χ3n) is 2.25. The van der Waals surface area contributed by atoms with Gasteiger partial charge in [-0.05, 0) is 12.1 Å². The normalized spacial score (nSPS) is 10.1. The van der Waals surface area contributed by atoms with Crippen LogP contribution in [0.3, 0.4) is 0 Å². The number of hydrogen-bond acceptors (Lipinski definition) is 2. The Morgan fingerprint density at radius 2 is 2.00 bits per heavy atom. The summed E-state index contributed by atoms with van der Waals surface area (Å²) < 4.78 is 1.33. The fraction of sp³-hybridized carbons (Fsp3) is 0.0909. The number of aromatic nitrogens is 2. The molecule has 0 aliphatic heterocycles. The zero-order chi connectivity index (χ0) is 11.5. The highest BCUT2D eigenvalue weighted by Crippen LogP contribution is 2.07. The van der Waals surface area contributed by atoms with Gasteiger partial charge in [0.1, 0.15) is 5.69 Å². The van der Waals surface area contributed by atoms with Gasteiger partial charge >= 0.3 is 5.69 Å². The maximum atomic E-state index is 11.6. The molecule has 0 unspecified atom stereocenters. The topological polar surface area (TPSA) is 66.9 Å². The molecule has 1 aromatic carbocycles. The minimum atomic E-state index is -0.329. The fourth-order valence-corrected chi connectivity index (χ4v) is 1.50. The summed E-state index contributed by atoms with van der Waals surface area (Å²) in [7, 11) is 1.52. The molecule has 82 valence electrons. The van der Waals surface area contributed by atoms with Crippen molar-refractivity contribution in [3.05, 3.63) is 52.7 Å². The summed E-state index contributed by atoms with van der Waals surface area (Å²) in [5.41, 5.74) is 0.621. The molecule has 1 heterocycles. The second-order valence-electron chi connectivity index (χ2n) is 3.23. The maximum absolute atomic E-state index is 11.6. The average Bonchev–Trinajstić information content (AvgIpc) is 2.71. The van der Waals surface area contributed by atoms with Crippen molar-refractivity contribution in [1.82, 2.24) is 14.9 Å². The Labute approximate surface area is 91.7 Å². The first-order chi connectivity index (χ1) is 7.74. The van der Waals surface area contributed by atoms with Crippen molar-refractivity contribution in [1.29, 1.82) is 0 Å². The summed E-state index contributed by atoms with van der Waals surface area (Å²) in [6, 6.07) is 8.99. The molecule has 0 fully saturated rings. The molecule has 0 saturated heterocycles. The fourth-order valence-electron chi connectivity index (χ4n) is 1.50. The lowest BCUT2D eigenvalue weighted by molar-refractivity contribution is 0.0956. The van der Waals surface area contributed by atoms with Gasteiger partial charge in [0.15, 0.2) is 0 Å². The van der Waals surface area contributed by atoms with Crippen LogP contribution in [0.25, 0.3) is 5.69 Å². The molecule has 2 rings (SSSR count). The highest BCUT2D eigenvalue weighted by atomic mass is 16.2. The van der Waals surface area contributed by atoms with Crippen LogP contribution in [0, 0.1) is 0 Å². The summed E-state index contributed by atoms with van der Waals surface area (Å²) in [4.78, 5) is 25.6. The molecule has 0 aliphatic carbocycles. The van der Waals surface area contributed by atoms with Crippen LogP contribution in [-0.4, -0.2) is 22.5 Å². The number of rotatable bonds is 2. The summed E-state index contributed by atoms with van der Waals surface area (Å²) in [6.07, 6.45) is 1.40. The first kappa shape index (κ1) is 10.2. The molecular formula is C11H11N3O2. The van der Waals surface area contributed by atoms with E-state index in [9.17, 15) is 9.59 Å². The van der Waals surface area contributed by atoms with Gasteiger partial charge in [0.25, 0.3) is 5.91 Å². The van der Waals surface area contributed by atoms with Crippen molar-refractivity contribution in [2.45, 2.75) is 0 Å². The molecule has 1 aromatic heterocycles. The average molecular weight is 217 g/mol. The second-order valence-corrected chi connectivity index (χ2v) is 3.23. The number of aromatic amines is 1. The monoisotopic (exact) mass is 217 g/mol. The van der Waals surface area contributed by atoms with Gasteiger partial charge in [-0.2, -0.15) is 0 Å². The van der Waals surface area contributed by atoms with Gasteiger partial charge in [-0.25, -0.2) is 4.79 Å². The minimum Gasteiger partial charge on any atom is -0.354 e. The first-order valence-electron chi connectivity index (χ1n) is 4.82. The molecule has 5 nitrogen and oxygen atoms in total. The Morgan fingerprint density at radius 3 is 2.62 bits per heavy atom. The number of amides is 1. The van der Waals surface area contributed by atoms with Crippen LogP contribution >= 0.6 is 0 Å². The molecule has 0 radical (unpaired) electrons. The molecule has 2 aromatic rings. The van der Waals surface area contributed by atoms with Crippen LogP contribution in [0.2, 0.25) is 0 Å². The standard InChI is InChI=1S/C11H11N3O2/c1-12-10(15)9-7-13-11(16)14(9)8-5-3-2-4-6-8/h2-7H,1H3,(H,12,15)(H,13,16). The Morgan fingerprint density at radius 1 is 1.31 bits per heavy atom. The van der Waals surface area contributed by atoms with E-state index in [1.54, 1.807) is 12.1 Å². The van der Waals surface area contributed by atoms with Crippen molar-refractivity contribution in [2.24, 2.45) is 0 Å². The SMILES string of the molecule is CNC(=O)c1c[nH]c(=O)n1-c1ccccc1. The summed E-state index contributed by atoms with van der Waals surface area (Å²) in [6.45, 7) is 0. The minimum absolute atomic E-state index is 0.290. The summed E-state index contributed by atoms with van der Waals surface area (Å²) in [5, 5.41) is 2.49. The van der Waals surface area contributed by atoms with Crippen LogP contribution in [0.5, 0.6) is 0 Å². The molecule has 2 N–H and O–H groups in total. The van der Waals surface area contributed by atoms with Crippen LogP contribution in [0.1, 0.15) is 10.5 Å². The largest absolute Gasteiger partial charge is 0.354 e. The van der Waals surface area contributed by atoms with Crippen molar-refractivity contribution >= 4 is 5.91 Å². The third-order valence-corrected chi connectivity index (χ3v) is 2.25. The molecule has 0 atom stereocenters. The zero-order valence-corrected chi connectivity index (χ0v) is 8.73. The maximum Gasteiger partial charge on any atom is 0.330 e. The van der Waals surface area contributed by atoms with Gasteiger partial charge in [0, 0.05) is 13.2 Å². The van der Waals surface area contributed by atoms with E-state index in [-0.39, 0.29) is 11.6 Å². The molecule has 16 heavy (non-hydrogen) atoms. The lowest BCUT2D eigenvalue weighted by atomic mass is 10.3. The van der Waals surface area contributed by atoms with Gasteiger partial charge in [-0.3, -0.25) is 9.36 Å². The van der Waals surface area contributed by atoms with Crippen LogP contribution < -0.4 is 11.0 Å². The first-order valence-corrected chi connectivity index (χ1v) is 4.82. The second kappa shape index (κ2) is 4.06. The Balaban J connectivity index is 2.61. The number of nitrogens with one attached hydrogen (secondary N) is 2. The van der Waals surface area contributed by atoms with Gasteiger partial charge in [-0.15, -0.1) is 0 Å². The van der Waals surface area contributed by atoms with Crippen molar-refractivity contribution < 1.29 is 4.79 Å². The molecule has 1 amide bonds. The van der Waals surface area contributed by atoms with Crippen molar-refractivity contribution in [3.8, 4) is 5.69 Å². The Kier molecular flexibility index (Phi) is 2.59. The van der Waals surface area contributed by atoms with E-state index in [1.807, 2.05) is 18.2 Å². The predicted molar refractivity (Wildman–Crippen MR) is 59.8 cm³/mol. The smallest absolute Gasteiger partial charge is 0.330 e. The lowest BCUT2D eigenvalue weighted by Gasteiger charge is -2.05. The number of carbonyl (C=O) groups is 1. The van der Waals surface area contributed by atoms with Crippen LogP contribution in [0.15, 0.2) is 41.3 Å². The summed E-state index contributed by atoms with van der Waals surface area (Å²) >= 11 is 0. The molecular weight excluding hydrogens is 206 g/mol. The van der Waals surface area contributed by atoms with E-state index in [4.69, 9.17) is 0 Å². The number of H-pyrrole nitrogens is 1. The van der Waals surface area contributed by atoms with E-state index in [0.717, 1.165) is 0 Å². The van der Waals surface area contributed by atoms with Crippen molar-refractivity contribution in [3.63, 3.8) is 0 Å². The van der Waals surface area contributed by atoms with Crippen LogP contribution in [-0.2, 0) is 0 Å². The highest BCUT2D eigenvalue weighted by molar-refractivity contribution is 5.92. The van der Waals surface area contributed by atoms with Gasteiger partial charge in [0.2, 0.25) is 0 Å². The quantitative estimate of drug-likeness (QED) is 0.770. The van der Waals surface area contributed by atoms with Gasteiger partial charge in [0.05, 0.1) is 5.69 Å². The van der Waals surface area contributed by atoms with E-state index in [0.29, 0.717) is 11.4 Å². The Bertz CT molecular complexity index is 554. The van der Waals surface area contributed by atoms with Gasteiger partial charge in [-0.1, -0.05) is 18.2 Å². The van der Waals surface area contributed by atoms with E-state index in [2.05, 4.69) is 10.3 Å². The van der Waals surface area contributed by atoms with Crippen molar-refractivity contribution in [2.75, 3.05) is 7.05 Å². The number of nitrogens with zero attached hydrogens (tertiary/aromatic N) is 1.